The maximum Gasteiger partial charge on any atom is 0.330 e. The fourth-order valence-electron chi connectivity index (χ4n) is 3.61. The van der Waals surface area contributed by atoms with Crippen molar-refractivity contribution in [3.05, 3.63) is 43.0 Å². The third-order valence-electron chi connectivity index (χ3n) is 5.46. The molecule has 1 aromatic rings. The van der Waals surface area contributed by atoms with E-state index in [0.29, 0.717) is 25.2 Å². The van der Waals surface area contributed by atoms with E-state index in [4.69, 9.17) is 14.2 Å². The summed E-state index contributed by atoms with van der Waals surface area (Å²) in [5, 5.41) is 3.95. The fraction of sp³-hybridized carbons (Fsp3) is 0.800. The molecule has 0 radical (unpaired) electrons. The van der Waals surface area contributed by atoms with Crippen LogP contribution < -0.4 is 11.2 Å². The summed E-state index contributed by atoms with van der Waals surface area (Å²) in [6, 6.07) is -0.787. The smallest absolute Gasteiger partial charge is 0.330 e. The Labute approximate surface area is 176 Å². The number of hydrogen-bond donors (Lipinski definition) is 1. The molecule has 30 heavy (non-hydrogen) atoms. The number of unbranched alkanes of at least 4 members (excludes halogenated alkanes) is 2. The monoisotopic (exact) mass is 423 g/mol. The molecule has 0 aliphatic carbocycles. The molecule has 1 N–H and O–H groups in total. The molecule has 10 nitrogen and oxygen atoms in total. The van der Waals surface area contributed by atoms with Crippen LogP contribution in [0.4, 0.5) is 0 Å². The van der Waals surface area contributed by atoms with Crippen LogP contribution in [0.5, 0.6) is 0 Å². The molecule has 0 amide bonds. The predicted octanol–water partition coefficient (Wildman–Crippen LogP) is 3.20. The number of hydrogen-bond acceptors (Lipinski definition) is 6. The van der Waals surface area contributed by atoms with Crippen LogP contribution in [0.2, 0.25) is 0 Å². The molecule has 2 unspecified atom stereocenters. The van der Waals surface area contributed by atoms with Crippen LogP contribution in [0.15, 0.2) is 20.9 Å². The Balaban J connectivity index is 2.47. The first-order valence-electron chi connectivity index (χ1n) is 10.7. The lowest BCUT2D eigenvalue weighted by Crippen LogP contribution is -2.48. The molecule has 1 aliphatic rings. The van der Waals surface area contributed by atoms with Gasteiger partial charge in [-0.15, -0.1) is 0 Å². The molecule has 1 aliphatic heterocycles. The van der Waals surface area contributed by atoms with Crippen LogP contribution in [0.1, 0.15) is 64.7 Å². The second kappa shape index (κ2) is 11.3. The van der Waals surface area contributed by atoms with E-state index in [2.05, 4.69) is 28.9 Å². The first-order chi connectivity index (χ1) is 14.4. The average Bonchev–Trinajstić information content (AvgIpc) is 3.02. The first-order valence-corrected chi connectivity index (χ1v) is 10.7. The van der Waals surface area contributed by atoms with Crippen molar-refractivity contribution in [3.63, 3.8) is 0 Å². The fourth-order valence-corrected chi connectivity index (χ4v) is 3.61. The summed E-state index contributed by atoms with van der Waals surface area (Å²) >= 11 is 0. The van der Waals surface area contributed by atoms with Gasteiger partial charge in [-0.3, -0.25) is 14.3 Å². The van der Waals surface area contributed by atoms with Crippen molar-refractivity contribution in [2.24, 2.45) is 5.11 Å². The lowest BCUT2D eigenvalue weighted by molar-refractivity contribution is -0.154. The maximum atomic E-state index is 12.5. The number of nitrogens with one attached hydrogen (secondary N) is 1. The normalized spacial score (nSPS) is 25.9. The van der Waals surface area contributed by atoms with Crippen LogP contribution in [-0.2, 0) is 14.2 Å². The minimum Gasteiger partial charge on any atom is -0.378 e. The molecular formula is C20H33N5O5. The lowest BCUT2D eigenvalue weighted by Gasteiger charge is -2.34. The molecule has 2 rings (SSSR count). The Hall–Kier alpha value is -2.13. The standard InChI is InChI=1S/C20H33N5O5/c1-5-8-10-28-13-20(7-3)16(29-11-9-6-2)15(23-24-21)18(30-20)25-12-14(4)17(26)22-19(25)27/h12,15-16,18H,5-11,13H2,1-4H3,(H,22,26,27)/t15?,16?,18-,20-/m1/s1. The van der Waals surface area contributed by atoms with E-state index in [1.165, 1.54) is 10.8 Å². The van der Waals surface area contributed by atoms with E-state index in [-0.39, 0.29) is 6.61 Å². The van der Waals surface area contributed by atoms with Gasteiger partial charge in [0.1, 0.15) is 24.0 Å². The van der Waals surface area contributed by atoms with E-state index in [0.717, 1.165) is 25.7 Å². The number of aryl methyl sites for hydroxylation is 1. The van der Waals surface area contributed by atoms with Gasteiger partial charge in [0.25, 0.3) is 5.56 Å². The van der Waals surface area contributed by atoms with Crippen molar-refractivity contribution in [3.8, 4) is 0 Å². The highest BCUT2D eigenvalue weighted by Gasteiger charge is 2.56. The maximum absolute atomic E-state index is 12.5. The molecule has 0 saturated carbocycles. The summed E-state index contributed by atoms with van der Waals surface area (Å²) in [6.45, 7) is 9.01. The van der Waals surface area contributed by atoms with Crippen molar-refractivity contribution < 1.29 is 14.2 Å². The van der Waals surface area contributed by atoms with Crippen LogP contribution in [-0.4, -0.2) is 47.1 Å². The highest BCUT2D eigenvalue weighted by Crippen LogP contribution is 2.43. The summed E-state index contributed by atoms with van der Waals surface area (Å²) in [5.41, 5.74) is 7.60. The Morgan fingerprint density at radius 1 is 1.27 bits per heavy atom. The molecule has 0 aromatic carbocycles. The van der Waals surface area contributed by atoms with Crippen LogP contribution >= 0.6 is 0 Å². The molecule has 0 bridgehead atoms. The van der Waals surface area contributed by atoms with Crippen LogP contribution in [0.25, 0.3) is 10.4 Å². The van der Waals surface area contributed by atoms with E-state index in [1.807, 2.05) is 6.92 Å². The quantitative estimate of drug-likeness (QED) is 0.239. The predicted molar refractivity (Wildman–Crippen MR) is 113 cm³/mol. The van der Waals surface area contributed by atoms with Crippen molar-refractivity contribution in [2.45, 2.75) is 83.8 Å². The number of aromatic nitrogens is 2. The summed E-state index contributed by atoms with van der Waals surface area (Å²) in [4.78, 5) is 29.6. The van der Waals surface area contributed by atoms with Gasteiger partial charge in [0.15, 0.2) is 0 Å². The van der Waals surface area contributed by atoms with Crippen molar-refractivity contribution in [1.29, 1.82) is 0 Å². The molecule has 2 heterocycles. The van der Waals surface area contributed by atoms with E-state index in [1.54, 1.807) is 6.92 Å². The summed E-state index contributed by atoms with van der Waals surface area (Å²) < 4.78 is 19.7. The van der Waals surface area contributed by atoms with Gasteiger partial charge >= 0.3 is 5.69 Å². The van der Waals surface area contributed by atoms with Gasteiger partial charge in [-0.05, 0) is 31.7 Å². The topological polar surface area (TPSA) is 131 Å². The number of H-pyrrole nitrogens is 1. The highest BCUT2D eigenvalue weighted by atomic mass is 16.6. The highest BCUT2D eigenvalue weighted by molar-refractivity contribution is 5.08. The van der Waals surface area contributed by atoms with E-state index < -0.39 is 35.2 Å². The van der Waals surface area contributed by atoms with E-state index in [9.17, 15) is 15.1 Å². The number of ether oxygens (including phenoxy) is 3. The van der Waals surface area contributed by atoms with Gasteiger partial charge in [-0.1, -0.05) is 38.7 Å². The minimum absolute atomic E-state index is 0.255. The molecule has 1 saturated heterocycles. The zero-order valence-corrected chi connectivity index (χ0v) is 18.3. The molecule has 0 spiro atoms. The second-order valence-corrected chi connectivity index (χ2v) is 7.65. The molecular weight excluding hydrogens is 390 g/mol. The van der Waals surface area contributed by atoms with Gasteiger partial charge < -0.3 is 14.2 Å². The second-order valence-electron chi connectivity index (χ2n) is 7.65. The molecule has 1 aromatic heterocycles. The number of azide groups is 1. The van der Waals surface area contributed by atoms with Gasteiger partial charge in [0.2, 0.25) is 0 Å². The lowest BCUT2D eigenvalue weighted by atomic mass is 9.92. The molecule has 10 heteroatoms. The first kappa shape index (κ1) is 24.1. The largest absolute Gasteiger partial charge is 0.378 e. The summed E-state index contributed by atoms with van der Waals surface area (Å²) in [6.07, 6.45) is 4.20. The van der Waals surface area contributed by atoms with Crippen LogP contribution in [0.3, 0.4) is 0 Å². The number of rotatable bonds is 12. The Morgan fingerprint density at radius 2 is 1.97 bits per heavy atom. The summed E-state index contributed by atoms with van der Waals surface area (Å²) in [7, 11) is 0. The van der Waals surface area contributed by atoms with Crippen molar-refractivity contribution in [1.82, 2.24) is 9.55 Å². The van der Waals surface area contributed by atoms with Crippen LogP contribution in [0, 0.1) is 6.92 Å². The minimum atomic E-state index is -0.912. The SMILES string of the molecule is CCCCOC[C@@]1(CC)O[C@@H](n2cc(C)c(=O)[nH]c2=O)C(N=[N+]=[N-])C1OCCCC. The third-order valence-corrected chi connectivity index (χ3v) is 5.46. The van der Waals surface area contributed by atoms with Crippen molar-refractivity contribution in [2.75, 3.05) is 19.8 Å². The molecule has 4 atom stereocenters. The zero-order valence-electron chi connectivity index (χ0n) is 18.3. The third kappa shape index (κ3) is 5.31. The van der Waals surface area contributed by atoms with Gasteiger partial charge in [-0.2, -0.15) is 0 Å². The Morgan fingerprint density at radius 3 is 2.60 bits per heavy atom. The molecule has 168 valence electrons. The molecule has 1 fully saturated rings. The number of aromatic amines is 1. The Bertz CT molecular complexity index is 847. The van der Waals surface area contributed by atoms with Gasteiger partial charge in [0.05, 0.1) is 6.61 Å². The van der Waals surface area contributed by atoms with Gasteiger partial charge in [-0.25, -0.2) is 4.79 Å². The van der Waals surface area contributed by atoms with Crippen molar-refractivity contribution >= 4 is 0 Å². The summed E-state index contributed by atoms with van der Waals surface area (Å²) in [5.74, 6) is 0. The van der Waals surface area contributed by atoms with Gasteiger partial charge in [0, 0.05) is 29.9 Å². The number of nitrogens with zero attached hydrogens (tertiary/aromatic N) is 4. The average molecular weight is 424 g/mol. The Kier molecular flexibility index (Phi) is 9.10. The van der Waals surface area contributed by atoms with E-state index >= 15 is 0 Å². The zero-order chi connectivity index (χ0) is 22.1.